The maximum absolute atomic E-state index is 11.2. The average molecular weight is 307 g/mol. The fourth-order valence-corrected chi connectivity index (χ4v) is 2.49. The van der Waals surface area contributed by atoms with Crippen LogP contribution in [0.2, 0.25) is 0 Å². The fraction of sp³-hybridized carbons (Fsp3) is 0.111. The molecule has 116 valence electrons. The molecular formula is C18H17N3O2. The summed E-state index contributed by atoms with van der Waals surface area (Å²) in [7, 11) is 0. The van der Waals surface area contributed by atoms with Crippen LogP contribution in [0.15, 0.2) is 60.9 Å². The standard InChI is InChI=1S/C18H17N3O2/c1-13(22)20-16-6-3-5-15(11-16)18-19-8-9-21(18)12-14-4-2-7-17(23)10-14/h2-11,23H,12H2,1H3,(H,20,22). The Bertz CT molecular complexity index is 840. The van der Waals surface area contributed by atoms with E-state index in [1.807, 2.05) is 47.2 Å². The van der Waals surface area contributed by atoms with Crippen LogP contribution in [0.1, 0.15) is 12.5 Å². The number of benzene rings is 2. The molecule has 5 heteroatoms. The van der Waals surface area contributed by atoms with Gasteiger partial charge in [-0.3, -0.25) is 4.79 Å². The number of anilines is 1. The molecule has 2 aromatic carbocycles. The van der Waals surface area contributed by atoms with Crippen molar-refractivity contribution in [2.24, 2.45) is 0 Å². The van der Waals surface area contributed by atoms with Gasteiger partial charge in [0, 0.05) is 37.1 Å². The van der Waals surface area contributed by atoms with Gasteiger partial charge in [-0.05, 0) is 29.8 Å². The van der Waals surface area contributed by atoms with E-state index in [-0.39, 0.29) is 11.7 Å². The predicted molar refractivity (Wildman–Crippen MR) is 89.2 cm³/mol. The Morgan fingerprint density at radius 1 is 1.22 bits per heavy atom. The fourth-order valence-electron chi connectivity index (χ4n) is 2.49. The molecule has 23 heavy (non-hydrogen) atoms. The minimum atomic E-state index is -0.106. The molecule has 3 aromatic rings. The second kappa shape index (κ2) is 6.36. The number of amides is 1. The van der Waals surface area contributed by atoms with Crippen LogP contribution in [-0.2, 0) is 11.3 Å². The van der Waals surface area contributed by atoms with Gasteiger partial charge >= 0.3 is 0 Å². The monoisotopic (exact) mass is 307 g/mol. The van der Waals surface area contributed by atoms with Gasteiger partial charge in [-0.2, -0.15) is 0 Å². The lowest BCUT2D eigenvalue weighted by Gasteiger charge is -2.10. The topological polar surface area (TPSA) is 67.2 Å². The van der Waals surface area contributed by atoms with E-state index in [2.05, 4.69) is 10.3 Å². The summed E-state index contributed by atoms with van der Waals surface area (Å²) in [5.74, 6) is 0.947. The van der Waals surface area contributed by atoms with Crippen LogP contribution in [0.25, 0.3) is 11.4 Å². The molecule has 0 saturated carbocycles. The predicted octanol–water partition coefficient (Wildman–Crippen LogP) is 3.26. The van der Waals surface area contributed by atoms with Crippen molar-refractivity contribution in [3.05, 3.63) is 66.5 Å². The van der Waals surface area contributed by atoms with Crippen molar-refractivity contribution < 1.29 is 9.90 Å². The highest BCUT2D eigenvalue weighted by atomic mass is 16.3. The molecular weight excluding hydrogens is 290 g/mol. The summed E-state index contributed by atoms with van der Waals surface area (Å²) in [6, 6.07) is 14.7. The number of aromatic hydroxyl groups is 1. The largest absolute Gasteiger partial charge is 0.508 e. The number of carbonyl (C=O) groups excluding carboxylic acids is 1. The molecule has 0 spiro atoms. The minimum absolute atomic E-state index is 0.106. The summed E-state index contributed by atoms with van der Waals surface area (Å²) in [5, 5.41) is 12.4. The first-order valence-corrected chi connectivity index (χ1v) is 7.29. The van der Waals surface area contributed by atoms with Crippen LogP contribution in [0, 0.1) is 0 Å². The first-order chi connectivity index (χ1) is 11.1. The van der Waals surface area contributed by atoms with Crippen LogP contribution in [0.3, 0.4) is 0 Å². The Kier molecular flexibility index (Phi) is 4.10. The number of carbonyl (C=O) groups is 1. The maximum atomic E-state index is 11.2. The number of imidazole rings is 1. The van der Waals surface area contributed by atoms with Crippen LogP contribution < -0.4 is 5.32 Å². The van der Waals surface area contributed by atoms with Crippen molar-refractivity contribution in [2.75, 3.05) is 5.32 Å². The Hall–Kier alpha value is -3.08. The zero-order chi connectivity index (χ0) is 16.2. The lowest BCUT2D eigenvalue weighted by atomic mass is 10.1. The van der Waals surface area contributed by atoms with E-state index in [1.165, 1.54) is 6.92 Å². The van der Waals surface area contributed by atoms with Gasteiger partial charge in [0.1, 0.15) is 11.6 Å². The second-order valence-corrected chi connectivity index (χ2v) is 5.31. The molecule has 0 aliphatic heterocycles. The minimum Gasteiger partial charge on any atom is -0.508 e. The molecule has 1 amide bonds. The van der Waals surface area contributed by atoms with E-state index in [4.69, 9.17) is 0 Å². The molecule has 0 radical (unpaired) electrons. The molecule has 0 fully saturated rings. The number of hydrogen-bond acceptors (Lipinski definition) is 3. The number of phenolic OH excluding ortho intramolecular Hbond substituents is 1. The van der Waals surface area contributed by atoms with Gasteiger partial charge in [0.25, 0.3) is 0 Å². The smallest absolute Gasteiger partial charge is 0.221 e. The first-order valence-electron chi connectivity index (χ1n) is 7.29. The first kappa shape index (κ1) is 14.8. The van der Waals surface area contributed by atoms with Gasteiger partial charge in [-0.25, -0.2) is 4.98 Å². The van der Waals surface area contributed by atoms with E-state index in [0.717, 1.165) is 22.6 Å². The summed E-state index contributed by atoms with van der Waals surface area (Å²) in [5.41, 5.74) is 2.64. The van der Waals surface area contributed by atoms with Crippen molar-refractivity contribution in [1.29, 1.82) is 0 Å². The van der Waals surface area contributed by atoms with Crippen molar-refractivity contribution >= 4 is 11.6 Å². The molecule has 0 bridgehead atoms. The highest BCUT2D eigenvalue weighted by Gasteiger charge is 2.08. The number of aromatic nitrogens is 2. The molecule has 3 rings (SSSR count). The molecule has 1 heterocycles. The number of nitrogens with zero attached hydrogens (tertiary/aromatic N) is 2. The Morgan fingerprint density at radius 2 is 2.04 bits per heavy atom. The summed E-state index contributed by atoms with van der Waals surface area (Å²) in [4.78, 5) is 15.6. The molecule has 0 aliphatic carbocycles. The second-order valence-electron chi connectivity index (χ2n) is 5.31. The zero-order valence-corrected chi connectivity index (χ0v) is 12.7. The number of rotatable bonds is 4. The summed E-state index contributed by atoms with van der Waals surface area (Å²) < 4.78 is 2.00. The van der Waals surface area contributed by atoms with E-state index in [1.54, 1.807) is 18.3 Å². The molecule has 0 saturated heterocycles. The van der Waals surface area contributed by atoms with Crippen LogP contribution in [0.4, 0.5) is 5.69 Å². The van der Waals surface area contributed by atoms with Crippen LogP contribution >= 0.6 is 0 Å². The lowest BCUT2D eigenvalue weighted by Crippen LogP contribution is -2.06. The van der Waals surface area contributed by atoms with E-state index in [9.17, 15) is 9.90 Å². The third-order valence-electron chi connectivity index (χ3n) is 3.42. The van der Waals surface area contributed by atoms with E-state index >= 15 is 0 Å². The van der Waals surface area contributed by atoms with Crippen molar-refractivity contribution in [3.63, 3.8) is 0 Å². The summed E-state index contributed by atoms with van der Waals surface area (Å²) in [6.45, 7) is 2.09. The highest BCUT2D eigenvalue weighted by molar-refractivity contribution is 5.89. The zero-order valence-electron chi connectivity index (χ0n) is 12.7. The van der Waals surface area contributed by atoms with Gasteiger partial charge in [0.2, 0.25) is 5.91 Å². The summed E-state index contributed by atoms with van der Waals surface area (Å²) >= 11 is 0. The number of nitrogens with one attached hydrogen (secondary N) is 1. The highest BCUT2D eigenvalue weighted by Crippen LogP contribution is 2.22. The molecule has 2 N–H and O–H groups in total. The molecule has 5 nitrogen and oxygen atoms in total. The molecule has 0 aliphatic rings. The van der Waals surface area contributed by atoms with Crippen LogP contribution in [-0.4, -0.2) is 20.6 Å². The maximum Gasteiger partial charge on any atom is 0.221 e. The Morgan fingerprint density at radius 3 is 2.83 bits per heavy atom. The molecule has 0 unspecified atom stereocenters. The quantitative estimate of drug-likeness (QED) is 0.777. The van der Waals surface area contributed by atoms with Gasteiger partial charge < -0.3 is 15.0 Å². The van der Waals surface area contributed by atoms with Crippen molar-refractivity contribution in [3.8, 4) is 17.1 Å². The van der Waals surface area contributed by atoms with E-state index in [0.29, 0.717) is 6.54 Å². The van der Waals surface area contributed by atoms with Gasteiger partial charge in [-0.15, -0.1) is 0 Å². The average Bonchev–Trinajstić information content (AvgIpc) is 2.95. The van der Waals surface area contributed by atoms with Crippen molar-refractivity contribution in [2.45, 2.75) is 13.5 Å². The van der Waals surface area contributed by atoms with E-state index < -0.39 is 0 Å². The normalized spacial score (nSPS) is 10.5. The van der Waals surface area contributed by atoms with Gasteiger partial charge in [-0.1, -0.05) is 24.3 Å². The van der Waals surface area contributed by atoms with Gasteiger partial charge in [0.05, 0.1) is 0 Å². The Balaban J connectivity index is 1.90. The number of hydrogen-bond donors (Lipinski definition) is 2. The van der Waals surface area contributed by atoms with Crippen molar-refractivity contribution in [1.82, 2.24) is 9.55 Å². The van der Waals surface area contributed by atoms with Crippen LogP contribution in [0.5, 0.6) is 5.75 Å². The molecule has 0 atom stereocenters. The van der Waals surface area contributed by atoms with Gasteiger partial charge in [0.15, 0.2) is 0 Å². The Labute approximate surface area is 134 Å². The third-order valence-corrected chi connectivity index (χ3v) is 3.42. The SMILES string of the molecule is CC(=O)Nc1cccc(-c2nccn2Cc2cccc(O)c2)c1. The molecule has 1 aromatic heterocycles. The lowest BCUT2D eigenvalue weighted by molar-refractivity contribution is -0.114. The number of phenols is 1. The third kappa shape index (κ3) is 3.58. The summed E-state index contributed by atoms with van der Waals surface area (Å²) in [6.07, 6.45) is 3.63.